The molecule has 1 aromatic rings. The summed E-state index contributed by atoms with van der Waals surface area (Å²) in [5.74, 6) is 1.32. The number of rotatable bonds is 5. The minimum Gasteiger partial charge on any atom is -0.496 e. The van der Waals surface area contributed by atoms with Gasteiger partial charge in [0, 0.05) is 11.5 Å². The molecule has 21 heavy (non-hydrogen) atoms. The van der Waals surface area contributed by atoms with Crippen molar-refractivity contribution in [1.82, 2.24) is 5.32 Å². The highest BCUT2D eigenvalue weighted by Gasteiger charge is 2.30. The fourth-order valence-electron chi connectivity index (χ4n) is 3.26. The Morgan fingerprint density at radius 3 is 2.81 bits per heavy atom. The fraction of sp³-hybridized carbons (Fsp3) is 0.588. The zero-order valence-electron chi connectivity index (χ0n) is 13.0. The molecular weight excluding hydrogens is 264 g/mol. The fourth-order valence-corrected chi connectivity index (χ4v) is 3.26. The number of nitrogens with one attached hydrogen (secondary N) is 1. The van der Waals surface area contributed by atoms with E-state index in [1.807, 2.05) is 31.2 Å². The molecular formula is C17H26N2O2. The first-order valence-electron chi connectivity index (χ1n) is 7.80. The summed E-state index contributed by atoms with van der Waals surface area (Å²) in [4.78, 5) is 12.5. The topological polar surface area (TPSA) is 64.3 Å². The highest BCUT2D eigenvalue weighted by atomic mass is 16.5. The van der Waals surface area contributed by atoms with E-state index < -0.39 is 0 Å². The first-order valence-corrected chi connectivity index (χ1v) is 7.80. The molecule has 0 radical (unpaired) electrons. The van der Waals surface area contributed by atoms with E-state index in [1.54, 1.807) is 7.11 Å². The Bertz CT molecular complexity index is 476. The number of nitrogens with two attached hydrogens (primary N) is 1. The Kier molecular flexibility index (Phi) is 5.62. The Labute approximate surface area is 127 Å². The maximum atomic E-state index is 12.5. The van der Waals surface area contributed by atoms with Crippen molar-refractivity contribution in [3.63, 3.8) is 0 Å². The predicted octanol–water partition coefficient (Wildman–Crippen LogP) is 2.64. The van der Waals surface area contributed by atoms with Crippen LogP contribution >= 0.6 is 0 Å². The Morgan fingerprint density at radius 2 is 2.10 bits per heavy atom. The van der Waals surface area contributed by atoms with Crippen LogP contribution in [0.4, 0.5) is 0 Å². The summed E-state index contributed by atoms with van der Waals surface area (Å²) in [6.07, 6.45) is 4.33. The normalized spacial score (nSPS) is 23.4. The van der Waals surface area contributed by atoms with Crippen molar-refractivity contribution in [1.29, 1.82) is 0 Å². The molecule has 0 aromatic heterocycles. The quantitative estimate of drug-likeness (QED) is 0.876. The molecule has 1 aliphatic rings. The summed E-state index contributed by atoms with van der Waals surface area (Å²) in [5.41, 5.74) is 6.83. The van der Waals surface area contributed by atoms with Crippen LogP contribution in [0.5, 0.6) is 5.75 Å². The third-order valence-electron chi connectivity index (χ3n) is 4.51. The van der Waals surface area contributed by atoms with Crippen LogP contribution in [0, 0.1) is 11.8 Å². The molecule has 1 aliphatic carbocycles. The first kappa shape index (κ1) is 15.8. The second-order valence-electron chi connectivity index (χ2n) is 5.86. The Morgan fingerprint density at radius 1 is 1.38 bits per heavy atom. The number of carbonyl (C=O) groups is 1. The zero-order valence-corrected chi connectivity index (χ0v) is 13.0. The monoisotopic (exact) mass is 290 g/mol. The van der Waals surface area contributed by atoms with Gasteiger partial charge < -0.3 is 15.8 Å². The number of carbonyl (C=O) groups excluding carboxylic acids is 1. The molecule has 1 aromatic carbocycles. The summed E-state index contributed by atoms with van der Waals surface area (Å²) in [7, 11) is 1.65. The van der Waals surface area contributed by atoms with E-state index in [4.69, 9.17) is 10.5 Å². The molecule has 3 N–H and O–H groups in total. The van der Waals surface area contributed by atoms with Crippen molar-refractivity contribution in [2.24, 2.45) is 17.6 Å². The number of hydrogen-bond acceptors (Lipinski definition) is 3. The second kappa shape index (κ2) is 7.46. The molecule has 2 rings (SSSR count). The predicted molar refractivity (Wildman–Crippen MR) is 84.1 cm³/mol. The van der Waals surface area contributed by atoms with E-state index in [9.17, 15) is 4.79 Å². The van der Waals surface area contributed by atoms with Crippen molar-refractivity contribution in [2.75, 3.05) is 13.7 Å². The van der Waals surface area contributed by atoms with Crippen LogP contribution in [-0.2, 0) is 4.79 Å². The van der Waals surface area contributed by atoms with Crippen molar-refractivity contribution in [3.8, 4) is 5.75 Å². The van der Waals surface area contributed by atoms with E-state index in [-0.39, 0.29) is 17.9 Å². The second-order valence-corrected chi connectivity index (χ2v) is 5.86. The first-order chi connectivity index (χ1) is 10.2. The lowest BCUT2D eigenvalue weighted by Crippen LogP contribution is -2.40. The Balaban J connectivity index is 2.04. The molecule has 0 aliphatic heterocycles. The number of benzene rings is 1. The summed E-state index contributed by atoms with van der Waals surface area (Å²) in [6, 6.07) is 7.74. The van der Waals surface area contributed by atoms with E-state index in [0.717, 1.165) is 30.6 Å². The number of amides is 1. The molecule has 4 heteroatoms. The van der Waals surface area contributed by atoms with Gasteiger partial charge in [-0.15, -0.1) is 0 Å². The van der Waals surface area contributed by atoms with Gasteiger partial charge in [-0.1, -0.05) is 31.0 Å². The summed E-state index contributed by atoms with van der Waals surface area (Å²) in [6.45, 7) is 2.59. The van der Waals surface area contributed by atoms with Crippen molar-refractivity contribution in [3.05, 3.63) is 29.8 Å². The lowest BCUT2D eigenvalue weighted by atomic mass is 9.78. The number of methoxy groups -OCH3 is 1. The number of hydrogen-bond donors (Lipinski definition) is 2. The molecule has 2 unspecified atom stereocenters. The SMILES string of the molecule is COc1ccccc1[C@@H](C)NC(=O)C1CCCCC1CN. The summed E-state index contributed by atoms with van der Waals surface area (Å²) >= 11 is 0. The molecule has 116 valence electrons. The van der Waals surface area contributed by atoms with Crippen molar-refractivity contribution < 1.29 is 9.53 Å². The smallest absolute Gasteiger partial charge is 0.223 e. The highest BCUT2D eigenvalue weighted by molar-refractivity contribution is 5.79. The lowest BCUT2D eigenvalue weighted by molar-refractivity contribution is -0.128. The van der Waals surface area contributed by atoms with Crippen LogP contribution in [0.2, 0.25) is 0 Å². The van der Waals surface area contributed by atoms with Crippen LogP contribution in [-0.4, -0.2) is 19.6 Å². The van der Waals surface area contributed by atoms with Gasteiger partial charge in [-0.05, 0) is 38.3 Å². The average Bonchev–Trinajstić information content (AvgIpc) is 2.54. The van der Waals surface area contributed by atoms with Gasteiger partial charge >= 0.3 is 0 Å². The van der Waals surface area contributed by atoms with Gasteiger partial charge in [0.05, 0.1) is 13.2 Å². The van der Waals surface area contributed by atoms with Gasteiger partial charge in [-0.2, -0.15) is 0 Å². The largest absolute Gasteiger partial charge is 0.496 e. The minimum absolute atomic E-state index is 0.0564. The molecule has 0 heterocycles. The van der Waals surface area contributed by atoms with Crippen LogP contribution in [0.1, 0.15) is 44.2 Å². The van der Waals surface area contributed by atoms with Gasteiger partial charge in [0.2, 0.25) is 5.91 Å². The van der Waals surface area contributed by atoms with E-state index in [2.05, 4.69) is 5.32 Å². The van der Waals surface area contributed by atoms with Gasteiger partial charge in [-0.3, -0.25) is 4.79 Å². The van der Waals surface area contributed by atoms with Crippen LogP contribution in [0.15, 0.2) is 24.3 Å². The maximum Gasteiger partial charge on any atom is 0.223 e. The third kappa shape index (κ3) is 3.76. The van der Waals surface area contributed by atoms with Gasteiger partial charge in [-0.25, -0.2) is 0 Å². The summed E-state index contributed by atoms with van der Waals surface area (Å²) < 4.78 is 5.36. The van der Waals surface area contributed by atoms with E-state index in [1.165, 1.54) is 6.42 Å². The lowest BCUT2D eigenvalue weighted by Gasteiger charge is -2.30. The highest BCUT2D eigenvalue weighted by Crippen LogP contribution is 2.31. The molecule has 0 bridgehead atoms. The molecule has 1 amide bonds. The Hall–Kier alpha value is -1.55. The standard InChI is InChI=1S/C17H26N2O2/c1-12(14-8-5-6-10-16(14)21-2)19-17(20)15-9-4-3-7-13(15)11-18/h5-6,8,10,12-13,15H,3-4,7,9,11,18H2,1-2H3,(H,19,20)/t12-,13?,15?/m1/s1. The average molecular weight is 290 g/mol. The number of ether oxygens (including phenoxy) is 1. The number of para-hydroxylation sites is 1. The van der Waals surface area contributed by atoms with Crippen molar-refractivity contribution >= 4 is 5.91 Å². The molecule has 1 saturated carbocycles. The maximum absolute atomic E-state index is 12.5. The molecule has 0 spiro atoms. The van der Waals surface area contributed by atoms with Crippen LogP contribution < -0.4 is 15.8 Å². The van der Waals surface area contributed by atoms with E-state index in [0.29, 0.717) is 12.5 Å². The zero-order chi connectivity index (χ0) is 15.2. The molecule has 1 fully saturated rings. The minimum atomic E-state index is -0.0611. The van der Waals surface area contributed by atoms with Gasteiger partial charge in [0.1, 0.15) is 5.75 Å². The molecule has 0 saturated heterocycles. The van der Waals surface area contributed by atoms with Crippen LogP contribution in [0.3, 0.4) is 0 Å². The van der Waals surface area contributed by atoms with Gasteiger partial charge in [0.15, 0.2) is 0 Å². The molecule has 3 atom stereocenters. The van der Waals surface area contributed by atoms with E-state index >= 15 is 0 Å². The van der Waals surface area contributed by atoms with Gasteiger partial charge in [0.25, 0.3) is 0 Å². The molecule has 4 nitrogen and oxygen atoms in total. The van der Waals surface area contributed by atoms with Crippen LogP contribution in [0.25, 0.3) is 0 Å². The summed E-state index contributed by atoms with van der Waals surface area (Å²) in [5, 5.41) is 3.13. The third-order valence-corrected chi connectivity index (χ3v) is 4.51. The van der Waals surface area contributed by atoms with Crippen molar-refractivity contribution in [2.45, 2.75) is 38.6 Å².